The molecule has 136 valence electrons. The molecule has 27 heavy (non-hydrogen) atoms. The number of carbonyl (C=O) groups excluding carboxylic acids is 1. The van der Waals surface area contributed by atoms with Gasteiger partial charge < -0.3 is 4.74 Å². The predicted molar refractivity (Wildman–Crippen MR) is 110 cm³/mol. The Kier molecular flexibility index (Phi) is 6.52. The first-order chi connectivity index (χ1) is 13.2. The van der Waals surface area contributed by atoms with Crippen molar-refractivity contribution < 1.29 is 9.53 Å². The Labute approximate surface area is 167 Å². The summed E-state index contributed by atoms with van der Waals surface area (Å²) in [6.45, 7) is 0. The van der Waals surface area contributed by atoms with Crippen LogP contribution in [0, 0.1) is 0 Å². The summed E-state index contributed by atoms with van der Waals surface area (Å²) in [7, 11) is 1.53. The number of amides is 1. The van der Waals surface area contributed by atoms with Gasteiger partial charge in [-0.25, -0.2) is 5.43 Å². The van der Waals surface area contributed by atoms with Crippen molar-refractivity contribution in [2.45, 2.75) is 9.79 Å². The van der Waals surface area contributed by atoms with Gasteiger partial charge >= 0.3 is 0 Å². The van der Waals surface area contributed by atoms with Gasteiger partial charge in [-0.15, -0.1) is 0 Å². The topological polar surface area (TPSA) is 50.7 Å². The summed E-state index contributed by atoms with van der Waals surface area (Å²) in [5.41, 5.74) is 3.84. The van der Waals surface area contributed by atoms with E-state index in [1.165, 1.54) is 7.11 Å². The Morgan fingerprint density at radius 3 is 2.30 bits per heavy atom. The minimum Gasteiger partial charge on any atom is -0.496 e. The van der Waals surface area contributed by atoms with E-state index in [0.29, 0.717) is 11.3 Å². The standard InChI is InChI=1S/C21H17ClN2O2S/c1-26-20-5-3-2-4-19(20)21(25)24-23-14-15-6-10-17(11-7-15)27-18-12-8-16(22)9-13-18/h2-14H,1H3,(H,24,25)/b23-14-. The molecular weight excluding hydrogens is 380 g/mol. The molecule has 0 aliphatic rings. The second kappa shape index (κ2) is 9.26. The van der Waals surface area contributed by atoms with Crippen LogP contribution in [0.1, 0.15) is 15.9 Å². The fourth-order valence-electron chi connectivity index (χ4n) is 2.32. The average Bonchev–Trinajstić information content (AvgIpc) is 2.71. The first-order valence-corrected chi connectivity index (χ1v) is 9.35. The van der Waals surface area contributed by atoms with E-state index in [1.807, 2.05) is 54.6 Å². The third kappa shape index (κ3) is 5.36. The molecule has 0 aromatic heterocycles. The highest BCUT2D eigenvalue weighted by Crippen LogP contribution is 2.28. The number of hydrogen-bond donors (Lipinski definition) is 1. The van der Waals surface area contributed by atoms with Gasteiger partial charge in [0.05, 0.1) is 18.9 Å². The number of carbonyl (C=O) groups is 1. The number of benzene rings is 3. The molecule has 3 aromatic rings. The van der Waals surface area contributed by atoms with Crippen molar-refractivity contribution in [2.75, 3.05) is 7.11 Å². The van der Waals surface area contributed by atoms with Crippen molar-refractivity contribution in [3.8, 4) is 5.75 Å². The third-order valence-corrected chi connectivity index (χ3v) is 4.93. The molecule has 0 saturated carbocycles. The van der Waals surface area contributed by atoms with Crippen LogP contribution < -0.4 is 10.2 Å². The zero-order valence-electron chi connectivity index (χ0n) is 14.6. The molecule has 0 aliphatic carbocycles. The fourth-order valence-corrected chi connectivity index (χ4v) is 3.26. The van der Waals surface area contributed by atoms with Gasteiger partial charge in [-0.1, -0.05) is 47.6 Å². The van der Waals surface area contributed by atoms with Crippen LogP contribution >= 0.6 is 23.4 Å². The van der Waals surface area contributed by atoms with Crippen molar-refractivity contribution in [1.82, 2.24) is 5.43 Å². The molecule has 0 heterocycles. The molecule has 6 heteroatoms. The highest BCUT2D eigenvalue weighted by Gasteiger charge is 2.09. The van der Waals surface area contributed by atoms with Gasteiger partial charge in [0.15, 0.2) is 0 Å². The lowest BCUT2D eigenvalue weighted by atomic mass is 10.2. The number of nitrogens with one attached hydrogen (secondary N) is 1. The predicted octanol–water partition coefficient (Wildman–Crippen LogP) is 5.26. The first kappa shape index (κ1) is 19.0. The third-order valence-electron chi connectivity index (χ3n) is 3.66. The summed E-state index contributed by atoms with van der Waals surface area (Å²) >= 11 is 7.55. The SMILES string of the molecule is COc1ccccc1C(=O)N/N=C\c1ccc(Sc2ccc(Cl)cc2)cc1. The summed E-state index contributed by atoms with van der Waals surface area (Å²) in [6.07, 6.45) is 1.60. The first-order valence-electron chi connectivity index (χ1n) is 8.15. The highest BCUT2D eigenvalue weighted by molar-refractivity contribution is 7.99. The van der Waals surface area contributed by atoms with Crippen LogP contribution in [0.25, 0.3) is 0 Å². The van der Waals surface area contributed by atoms with Crippen molar-refractivity contribution >= 4 is 35.5 Å². The van der Waals surface area contributed by atoms with Crippen LogP contribution in [0.3, 0.4) is 0 Å². The van der Waals surface area contributed by atoms with Crippen LogP contribution in [0.2, 0.25) is 5.02 Å². The molecule has 0 aliphatic heterocycles. The molecule has 1 amide bonds. The van der Waals surface area contributed by atoms with Crippen LogP contribution in [0.5, 0.6) is 5.75 Å². The molecule has 0 unspecified atom stereocenters. The van der Waals surface area contributed by atoms with E-state index in [4.69, 9.17) is 16.3 Å². The number of hydrogen-bond acceptors (Lipinski definition) is 4. The molecule has 0 bridgehead atoms. The van der Waals surface area contributed by atoms with Gasteiger partial charge in [0, 0.05) is 14.8 Å². The summed E-state index contributed by atoms with van der Waals surface area (Å²) in [5.74, 6) is 0.187. The second-order valence-electron chi connectivity index (χ2n) is 5.52. The van der Waals surface area contributed by atoms with Crippen molar-refractivity contribution in [3.63, 3.8) is 0 Å². The Bertz CT molecular complexity index is 941. The Morgan fingerprint density at radius 1 is 1.00 bits per heavy atom. The normalized spacial score (nSPS) is 10.7. The second-order valence-corrected chi connectivity index (χ2v) is 7.11. The summed E-state index contributed by atoms with van der Waals surface area (Å²) in [4.78, 5) is 14.4. The molecular formula is C21H17ClN2O2S. The number of rotatable bonds is 6. The number of nitrogens with zero attached hydrogens (tertiary/aromatic N) is 1. The van der Waals surface area contributed by atoms with E-state index in [-0.39, 0.29) is 5.91 Å². The Morgan fingerprint density at radius 2 is 1.63 bits per heavy atom. The van der Waals surface area contributed by atoms with Gasteiger partial charge in [-0.2, -0.15) is 5.10 Å². The highest BCUT2D eigenvalue weighted by atomic mass is 35.5. The summed E-state index contributed by atoms with van der Waals surface area (Å²) in [6, 6.07) is 22.6. The van der Waals surface area contributed by atoms with Gasteiger partial charge in [0.1, 0.15) is 5.75 Å². The lowest BCUT2D eigenvalue weighted by molar-refractivity contribution is 0.0952. The minimum atomic E-state index is -0.321. The molecule has 1 N–H and O–H groups in total. The monoisotopic (exact) mass is 396 g/mol. The fraction of sp³-hybridized carbons (Fsp3) is 0.0476. The van der Waals surface area contributed by atoms with Crippen LogP contribution in [-0.2, 0) is 0 Å². The van der Waals surface area contributed by atoms with Crippen LogP contribution in [0.15, 0.2) is 87.7 Å². The molecule has 0 saturated heterocycles. The molecule has 3 aromatic carbocycles. The zero-order chi connectivity index (χ0) is 19.1. The maximum Gasteiger partial charge on any atom is 0.275 e. The van der Waals surface area contributed by atoms with Gasteiger partial charge in [0.2, 0.25) is 0 Å². The van der Waals surface area contributed by atoms with Gasteiger partial charge in [-0.05, 0) is 54.1 Å². The van der Waals surface area contributed by atoms with Gasteiger partial charge in [-0.3, -0.25) is 4.79 Å². The average molecular weight is 397 g/mol. The quantitative estimate of drug-likeness (QED) is 0.456. The number of para-hydroxylation sites is 1. The molecule has 4 nitrogen and oxygen atoms in total. The zero-order valence-corrected chi connectivity index (χ0v) is 16.1. The van der Waals surface area contributed by atoms with E-state index < -0.39 is 0 Å². The van der Waals surface area contributed by atoms with Crippen molar-refractivity contribution in [2.24, 2.45) is 5.10 Å². The number of halogens is 1. The van der Waals surface area contributed by atoms with Gasteiger partial charge in [0.25, 0.3) is 5.91 Å². The number of methoxy groups -OCH3 is 1. The molecule has 0 fully saturated rings. The van der Waals surface area contributed by atoms with E-state index in [1.54, 1.807) is 36.2 Å². The minimum absolute atomic E-state index is 0.321. The molecule has 0 spiro atoms. The Balaban J connectivity index is 1.59. The number of hydrazone groups is 1. The van der Waals surface area contributed by atoms with Crippen LogP contribution in [-0.4, -0.2) is 19.2 Å². The summed E-state index contributed by atoms with van der Waals surface area (Å²) < 4.78 is 5.18. The smallest absolute Gasteiger partial charge is 0.275 e. The van der Waals surface area contributed by atoms with E-state index in [2.05, 4.69) is 10.5 Å². The lowest BCUT2D eigenvalue weighted by Crippen LogP contribution is -2.18. The molecule has 0 radical (unpaired) electrons. The number of ether oxygens (including phenoxy) is 1. The lowest BCUT2D eigenvalue weighted by Gasteiger charge is -2.06. The van der Waals surface area contributed by atoms with Crippen molar-refractivity contribution in [3.05, 3.63) is 88.9 Å². The maximum absolute atomic E-state index is 12.2. The molecule has 3 rings (SSSR count). The summed E-state index contributed by atoms with van der Waals surface area (Å²) in [5, 5.41) is 4.74. The maximum atomic E-state index is 12.2. The Hall–Kier alpha value is -2.76. The van der Waals surface area contributed by atoms with E-state index in [0.717, 1.165) is 20.4 Å². The van der Waals surface area contributed by atoms with Crippen LogP contribution in [0.4, 0.5) is 0 Å². The van der Waals surface area contributed by atoms with E-state index in [9.17, 15) is 4.79 Å². The molecule has 0 atom stereocenters. The van der Waals surface area contributed by atoms with E-state index >= 15 is 0 Å². The largest absolute Gasteiger partial charge is 0.496 e. The van der Waals surface area contributed by atoms with Crippen molar-refractivity contribution in [1.29, 1.82) is 0 Å².